The molecule has 1 aliphatic rings. The van der Waals surface area contributed by atoms with Crippen LogP contribution in [0, 0.1) is 25.2 Å². The van der Waals surface area contributed by atoms with E-state index in [4.69, 9.17) is 15.7 Å². The number of hydrogen-bond donors (Lipinski definition) is 1. The molecular weight excluding hydrogens is 454 g/mol. The Bertz CT molecular complexity index is 1030. The Balaban J connectivity index is 2.26. The van der Waals surface area contributed by atoms with Crippen molar-refractivity contribution >= 4 is 21.8 Å². The lowest BCUT2D eigenvalue weighted by Crippen LogP contribution is -2.54. The van der Waals surface area contributed by atoms with Crippen molar-refractivity contribution in [2.24, 2.45) is 5.73 Å². The summed E-state index contributed by atoms with van der Waals surface area (Å²) in [5.41, 5.74) is 5.41. The highest BCUT2D eigenvalue weighted by Gasteiger charge is 2.51. The molecule has 33 heavy (non-hydrogen) atoms. The second-order valence-electron chi connectivity index (χ2n) is 9.58. The maximum Gasteiger partial charge on any atom is 0.414 e. The van der Waals surface area contributed by atoms with Crippen molar-refractivity contribution in [2.75, 3.05) is 25.0 Å². The minimum atomic E-state index is -4.96. The van der Waals surface area contributed by atoms with E-state index in [1.807, 2.05) is 6.07 Å². The number of amides is 1. The lowest BCUT2D eigenvalue weighted by Gasteiger charge is -2.35. The van der Waals surface area contributed by atoms with Crippen molar-refractivity contribution < 1.29 is 26.7 Å². The summed E-state index contributed by atoms with van der Waals surface area (Å²) in [7, 11) is -3.45. The molecule has 1 amide bonds. The number of alkyl halides is 2. The summed E-state index contributed by atoms with van der Waals surface area (Å²) in [6.07, 6.45) is -1.63. The van der Waals surface area contributed by atoms with E-state index >= 15 is 8.78 Å². The molecule has 8 nitrogen and oxygen atoms in total. The molecular formula is C22H32F2N4O4S. The van der Waals surface area contributed by atoms with E-state index in [2.05, 4.69) is 0 Å². The number of anilines is 1. The number of halogens is 2. The number of hydrogen-bond acceptors (Lipinski definition) is 6. The predicted octanol–water partition coefficient (Wildman–Crippen LogP) is 3.46. The Morgan fingerprint density at radius 3 is 2.15 bits per heavy atom. The van der Waals surface area contributed by atoms with E-state index in [1.165, 1.54) is 11.9 Å². The molecule has 1 aromatic rings. The fraction of sp³-hybridized carbons (Fsp3) is 0.636. The van der Waals surface area contributed by atoms with Crippen molar-refractivity contribution in [2.45, 2.75) is 70.3 Å². The van der Waals surface area contributed by atoms with E-state index in [0.29, 0.717) is 21.1 Å². The summed E-state index contributed by atoms with van der Waals surface area (Å²) in [5, 5.41) is 5.03. The zero-order chi connectivity index (χ0) is 25.4. The molecule has 2 rings (SSSR count). The van der Waals surface area contributed by atoms with Crippen LogP contribution < -0.4 is 10.6 Å². The molecule has 0 aromatic heterocycles. The molecule has 11 heteroatoms. The second kappa shape index (κ2) is 9.16. The molecule has 1 aromatic carbocycles. The first-order valence-electron chi connectivity index (χ1n) is 10.6. The third-order valence-electron chi connectivity index (χ3n) is 5.67. The number of carbonyl (C=O) groups is 1. The first-order valence-corrected chi connectivity index (χ1v) is 12.0. The number of sulfonamides is 1. The van der Waals surface area contributed by atoms with Crippen molar-refractivity contribution in [1.29, 1.82) is 5.26 Å². The molecule has 0 aliphatic carbocycles. The van der Waals surface area contributed by atoms with Crippen LogP contribution in [0.1, 0.15) is 50.3 Å². The number of benzene rings is 1. The molecule has 1 saturated heterocycles. The molecule has 0 atom stereocenters. The first kappa shape index (κ1) is 27.0. The molecule has 0 saturated carbocycles. The Hall–Kier alpha value is -2.29. The Morgan fingerprint density at radius 1 is 1.24 bits per heavy atom. The fourth-order valence-electron chi connectivity index (χ4n) is 3.60. The predicted molar refractivity (Wildman–Crippen MR) is 121 cm³/mol. The standard InChI is InChI=1S/C22H32F2N4O4S/c1-15-11-17(27(6)19(29)32-20(3,4)5)12-16(2)18(15)13-22(23,24)33(30,31)28-9-7-21(26,14-25)8-10-28/h11-12H,7-10,13,26H2,1-6H3. The highest BCUT2D eigenvalue weighted by molar-refractivity contribution is 7.90. The average molecular weight is 487 g/mol. The normalized spacial score (nSPS) is 17.3. The lowest BCUT2D eigenvalue weighted by atomic mass is 9.91. The number of carbonyl (C=O) groups excluding carboxylic acids is 1. The van der Waals surface area contributed by atoms with Crippen LogP contribution >= 0.6 is 0 Å². The van der Waals surface area contributed by atoms with Crippen molar-refractivity contribution in [1.82, 2.24) is 4.31 Å². The van der Waals surface area contributed by atoms with Crippen LogP contribution in [0.5, 0.6) is 0 Å². The maximum absolute atomic E-state index is 15.1. The van der Waals surface area contributed by atoms with Crippen LogP contribution in [0.2, 0.25) is 0 Å². The summed E-state index contributed by atoms with van der Waals surface area (Å²) in [4.78, 5) is 13.6. The summed E-state index contributed by atoms with van der Waals surface area (Å²) in [5.74, 6) is 0. The number of ether oxygens (including phenoxy) is 1. The third kappa shape index (κ3) is 5.99. The van der Waals surface area contributed by atoms with Gasteiger partial charge in [0, 0.05) is 25.8 Å². The van der Waals surface area contributed by atoms with Gasteiger partial charge in [-0.1, -0.05) is 0 Å². The maximum atomic E-state index is 15.1. The van der Waals surface area contributed by atoms with Crippen molar-refractivity contribution in [3.8, 4) is 6.07 Å². The van der Waals surface area contributed by atoms with Crippen LogP contribution in [0.25, 0.3) is 0 Å². The summed E-state index contributed by atoms with van der Waals surface area (Å²) >= 11 is 0. The second-order valence-corrected chi connectivity index (χ2v) is 11.6. The zero-order valence-corrected chi connectivity index (χ0v) is 20.7. The Labute approximate surface area is 194 Å². The molecule has 0 spiro atoms. The van der Waals surface area contributed by atoms with Gasteiger partial charge in [-0.05, 0) is 76.3 Å². The molecule has 1 aliphatic heterocycles. The van der Waals surface area contributed by atoms with Gasteiger partial charge >= 0.3 is 11.3 Å². The van der Waals surface area contributed by atoms with E-state index in [1.54, 1.807) is 46.8 Å². The molecule has 1 heterocycles. The van der Waals surface area contributed by atoms with Crippen LogP contribution in [0.4, 0.5) is 19.3 Å². The van der Waals surface area contributed by atoms with Gasteiger partial charge in [-0.25, -0.2) is 13.2 Å². The van der Waals surface area contributed by atoms with E-state index in [9.17, 15) is 13.2 Å². The first-order chi connectivity index (χ1) is 14.9. The highest BCUT2D eigenvalue weighted by atomic mass is 32.2. The van der Waals surface area contributed by atoms with Gasteiger partial charge in [0.15, 0.2) is 0 Å². The number of piperidine rings is 1. The quantitative estimate of drug-likeness (QED) is 0.681. The van der Waals surface area contributed by atoms with E-state index in [-0.39, 0.29) is 31.5 Å². The summed E-state index contributed by atoms with van der Waals surface area (Å²) in [6.45, 7) is 7.91. The number of nitrogens with zero attached hydrogens (tertiary/aromatic N) is 3. The molecule has 1 fully saturated rings. The van der Waals surface area contributed by atoms with Crippen LogP contribution in [-0.4, -0.2) is 55.3 Å². The van der Waals surface area contributed by atoms with Crippen molar-refractivity contribution in [3.05, 3.63) is 28.8 Å². The monoisotopic (exact) mass is 486 g/mol. The number of aryl methyl sites for hydroxylation is 2. The topological polar surface area (TPSA) is 117 Å². The minimum absolute atomic E-state index is 0.0113. The van der Waals surface area contributed by atoms with Crippen LogP contribution in [0.15, 0.2) is 12.1 Å². The SMILES string of the molecule is Cc1cc(N(C)C(=O)OC(C)(C)C)cc(C)c1CC(F)(F)S(=O)(=O)N1CCC(N)(C#N)CC1. The smallest absolute Gasteiger partial charge is 0.414 e. The number of nitrogens with two attached hydrogens (primary N) is 1. The van der Waals surface area contributed by atoms with Gasteiger partial charge in [0.2, 0.25) is 0 Å². The molecule has 184 valence electrons. The van der Waals surface area contributed by atoms with Crippen molar-refractivity contribution in [3.63, 3.8) is 0 Å². The van der Waals surface area contributed by atoms with E-state index < -0.39 is 38.9 Å². The molecule has 0 radical (unpaired) electrons. The van der Waals surface area contributed by atoms with Gasteiger partial charge in [0.05, 0.1) is 12.5 Å². The molecule has 0 bridgehead atoms. The third-order valence-corrected chi connectivity index (χ3v) is 7.62. The van der Waals surface area contributed by atoms with Gasteiger partial charge in [-0.2, -0.15) is 18.3 Å². The van der Waals surface area contributed by atoms with Gasteiger partial charge in [0.25, 0.3) is 10.0 Å². The minimum Gasteiger partial charge on any atom is -0.443 e. The van der Waals surface area contributed by atoms with Gasteiger partial charge < -0.3 is 10.5 Å². The van der Waals surface area contributed by atoms with E-state index in [0.717, 1.165) is 0 Å². The lowest BCUT2D eigenvalue weighted by molar-refractivity contribution is 0.0589. The van der Waals surface area contributed by atoms with Crippen LogP contribution in [0.3, 0.4) is 0 Å². The van der Waals surface area contributed by atoms with Gasteiger partial charge in [0.1, 0.15) is 11.1 Å². The molecule has 2 N–H and O–H groups in total. The van der Waals surface area contributed by atoms with Crippen LogP contribution in [-0.2, 0) is 21.2 Å². The number of rotatable bonds is 5. The summed E-state index contributed by atoms with van der Waals surface area (Å²) in [6, 6.07) is 5.01. The van der Waals surface area contributed by atoms with Gasteiger partial charge in [-0.3, -0.25) is 4.90 Å². The largest absolute Gasteiger partial charge is 0.443 e. The zero-order valence-electron chi connectivity index (χ0n) is 19.9. The fourth-order valence-corrected chi connectivity index (χ4v) is 4.97. The summed E-state index contributed by atoms with van der Waals surface area (Å²) < 4.78 is 61.6. The Morgan fingerprint density at radius 2 is 1.73 bits per heavy atom. The molecule has 0 unspecified atom stereocenters. The Kier molecular flexibility index (Phi) is 7.48. The highest BCUT2D eigenvalue weighted by Crippen LogP contribution is 2.35. The average Bonchev–Trinajstić information content (AvgIpc) is 2.69. The van der Waals surface area contributed by atoms with Gasteiger partial charge in [-0.15, -0.1) is 0 Å². The number of nitriles is 1.